The predicted molar refractivity (Wildman–Crippen MR) is 83.0 cm³/mol. The van der Waals surface area contributed by atoms with Crippen molar-refractivity contribution < 1.29 is 9.47 Å². The Morgan fingerprint density at radius 2 is 2.30 bits per heavy atom. The van der Waals surface area contributed by atoms with Crippen molar-refractivity contribution in [3.8, 4) is 0 Å². The van der Waals surface area contributed by atoms with Crippen LogP contribution < -0.4 is 11.2 Å². The molecule has 1 aliphatic rings. The number of azide groups is 1. The third-order valence-electron chi connectivity index (χ3n) is 4.32. The van der Waals surface area contributed by atoms with E-state index in [0.29, 0.717) is 13.0 Å². The van der Waals surface area contributed by atoms with E-state index in [9.17, 15) is 9.59 Å². The quantitative estimate of drug-likeness (QED) is 0.483. The number of aromatic nitrogens is 2. The first-order valence-electron chi connectivity index (χ1n) is 7.50. The smallest absolute Gasteiger partial charge is 0.330 e. The zero-order chi connectivity index (χ0) is 17.0. The third kappa shape index (κ3) is 3.64. The summed E-state index contributed by atoms with van der Waals surface area (Å²) in [5.41, 5.74) is 7.38. The second-order valence-corrected chi connectivity index (χ2v) is 5.79. The molecule has 126 valence electrons. The number of hydrogen-bond donors (Lipinski definition) is 1. The van der Waals surface area contributed by atoms with Gasteiger partial charge in [-0.3, -0.25) is 14.3 Å². The van der Waals surface area contributed by atoms with Crippen LogP contribution in [0.3, 0.4) is 0 Å². The number of nitrogens with one attached hydrogen (secondary N) is 1. The van der Waals surface area contributed by atoms with Crippen LogP contribution in [0, 0.1) is 11.8 Å². The van der Waals surface area contributed by atoms with Crippen molar-refractivity contribution in [3.63, 3.8) is 0 Å². The van der Waals surface area contributed by atoms with Gasteiger partial charge in [0.15, 0.2) is 6.23 Å². The number of hydrogen-bond acceptors (Lipinski definition) is 5. The molecule has 1 aromatic heterocycles. The summed E-state index contributed by atoms with van der Waals surface area (Å²) in [6.07, 6.45) is 1.04. The van der Waals surface area contributed by atoms with Gasteiger partial charge >= 0.3 is 5.69 Å². The SMILES string of the molecule is COC1[C@@H](C)[C@@H]([C@@H](C)CCN=[N+]=[N-])O[C@H]1n1ccc(=O)[nH]c1=O. The first-order chi connectivity index (χ1) is 11.0. The molecular weight excluding hydrogens is 302 g/mol. The molecule has 0 aliphatic carbocycles. The van der Waals surface area contributed by atoms with E-state index < -0.39 is 17.5 Å². The van der Waals surface area contributed by atoms with Crippen LogP contribution in [0.2, 0.25) is 0 Å². The van der Waals surface area contributed by atoms with E-state index in [4.69, 9.17) is 15.0 Å². The molecular formula is C14H21N5O4. The lowest BCUT2D eigenvalue weighted by atomic mass is 9.89. The summed E-state index contributed by atoms with van der Waals surface area (Å²) in [5, 5.41) is 3.55. The molecule has 9 nitrogen and oxygen atoms in total. The lowest BCUT2D eigenvalue weighted by Crippen LogP contribution is -2.36. The topological polar surface area (TPSA) is 122 Å². The van der Waals surface area contributed by atoms with Crippen molar-refractivity contribution in [2.24, 2.45) is 17.0 Å². The fourth-order valence-corrected chi connectivity index (χ4v) is 3.11. The van der Waals surface area contributed by atoms with E-state index in [0.717, 1.165) is 0 Å². The molecule has 0 amide bonds. The highest BCUT2D eigenvalue weighted by Gasteiger charge is 2.45. The Balaban J connectivity index is 2.23. The highest BCUT2D eigenvalue weighted by molar-refractivity contribution is 4.93. The van der Waals surface area contributed by atoms with Crippen LogP contribution in [-0.4, -0.2) is 35.4 Å². The predicted octanol–water partition coefficient (Wildman–Crippen LogP) is 1.42. The molecule has 0 spiro atoms. The van der Waals surface area contributed by atoms with E-state index in [-0.39, 0.29) is 24.0 Å². The number of aromatic amines is 1. The van der Waals surface area contributed by atoms with Crippen molar-refractivity contribution in [2.75, 3.05) is 13.7 Å². The first kappa shape index (κ1) is 17.3. The average molecular weight is 323 g/mol. The lowest BCUT2D eigenvalue weighted by Gasteiger charge is -2.22. The van der Waals surface area contributed by atoms with Gasteiger partial charge in [-0.05, 0) is 17.9 Å². The minimum absolute atomic E-state index is 0.0462. The van der Waals surface area contributed by atoms with Gasteiger partial charge in [0.05, 0.1) is 6.10 Å². The van der Waals surface area contributed by atoms with Gasteiger partial charge in [-0.2, -0.15) is 0 Å². The van der Waals surface area contributed by atoms with E-state index in [1.54, 1.807) is 7.11 Å². The molecule has 0 bridgehead atoms. The monoisotopic (exact) mass is 323 g/mol. The maximum absolute atomic E-state index is 12.0. The van der Waals surface area contributed by atoms with Crippen LogP contribution in [0.1, 0.15) is 26.5 Å². The Morgan fingerprint density at radius 1 is 1.57 bits per heavy atom. The average Bonchev–Trinajstić information content (AvgIpc) is 2.84. The summed E-state index contributed by atoms with van der Waals surface area (Å²) in [7, 11) is 1.57. The maximum atomic E-state index is 12.0. The van der Waals surface area contributed by atoms with E-state index >= 15 is 0 Å². The summed E-state index contributed by atoms with van der Waals surface area (Å²) < 4.78 is 12.9. The lowest BCUT2D eigenvalue weighted by molar-refractivity contribution is -0.0639. The van der Waals surface area contributed by atoms with Crippen molar-refractivity contribution in [3.05, 3.63) is 43.5 Å². The highest BCUT2D eigenvalue weighted by atomic mass is 16.6. The number of H-pyrrole nitrogens is 1. The maximum Gasteiger partial charge on any atom is 0.330 e. The molecule has 0 saturated carbocycles. The van der Waals surface area contributed by atoms with Gasteiger partial charge in [0.1, 0.15) is 6.10 Å². The largest absolute Gasteiger partial charge is 0.376 e. The second-order valence-electron chi connectivity index (χ2n) is 5.79. The minimum Gasteiger partial charge on any atom is -0.376 e. The number of methoxy groups -OCH3 is 1. The van der Waals surface area contributed by atoms with Crippen molar-refractivity contribution >= 4 is 0 Å². The summed E-state index contributed by atoms with van der Waals surface area (Å²) in [4.78, 5) is 28.2. The Labute approximate surface area is 132 Å². The normalized spacial score (nSPS) is 28.3. The first-order valence-corrected chi connectivity index (χ1v) is 7.50. The van der Waals surface area contributed by atoms with Crippen LogP contribution in [0.5, 0.6) is 0 Å². The molecule has 1 aromatic rings. The molecule has 2 rings (SSSR count). The van der Waals surface area contributed by atoms with E-state index in [2.05, 4.69) is 15.0 Å². The van der Waals surface area contributed by atoms with Crippen molar-refractivity contribution in [1.82, 2.24) is 9.55 Å². The molecule has 2 heterocycles. The molecule has 0 radical (unpaired) electrons. The molecule has 0 aromatic carbocycles. The van der Waals surface area contributed by atoms with Crippen LogP contribution in [0.4, 0.5) is 0 Å². The van der Waals surface area contributed by atoms with Gasteiger partial charge in [0.25, 0.3) is 5.56 Å². The number of ether oxygens (including phenoxy) is 2. The zero-order valence-corrected chi connectivity index (χ0v) is 13.4. The summed E-state index contributed by atoms with van der Waals surface area (Å²) in [5.74, 6) is 0.182. The molecule has 1 unspecified atom stereocenters. The van der Waals surface area contributed by atoms with Crippen LogP contribution >= 0.6 is 0 Å². The van der Waals surface area contributed by atoms with Gasteiger partial charge in [-0.25, -0.2) is 4.79 Å². The molecule has 23 heavy (non-hydrogen) atoms. The summed E-state index contributed by atoms with van der Waals surface area (Å²) in [6.45, 7) is 4.41. The Kier molecular flexibility index (Phi) is 5.59. The Morgan fingerprint density at radius 3 is 2.91 bits per heavy atom. The number of nitrogens with zero attached hydrogens (tertiary/aromatic N) is 4. The molecule has 1 saturated heterocycles. The fourth-order valence-electron chi connectivity index (χ4n) is 3.11. The summed E-state index contributed by atoms with van der Waals surface area (Å²) >= 11 is 0. The van der Waals surface area contributed by atoms with Crippen LogP contribution in [0.25, 0.3) is 10.4 Å². The summed E-state index contributed by atoms with van der Waals surface area (Å²) in [6, 6.07) is 1.28. The number of rotatable bonds is 6. The van der Waals surface area contributed by atoms with Crippen LogP contribution in [-0.2, 0) is 9.47 Å². The van der Waals surface area contributed by atoms with E-state index in [1.165, 1.54) is 16.8 Å². The van der Waals surface area contributed by atoms with Gasteiger partial charge in [-0.1, -0.05) is 19.0 Å². The molecule has 1 N–H and O–H groups in total. The third-order valence-corrected chi connectivity index (χ3v) is 4.32. The van der Waals surface area contributed by atoms with Gasteiger partial charge in [0, 0.05) is 36.7 Å². The minimum atomic E-state index is -0.605. The molecule has 1 aliphatic heterocycles. The van der Waals surface area contributed by atoms with Gasteiger partial charge < -0.3 is 9.47 Å². The Hall–Kier alpha value is -2.09. The van der Waals surface area contributed by atoms with Crippen molar-refractivity contribution in [1.29, 1.82) is 0 Å². The Bertz CT molecular complexity index is 693. The highest BCUT2D eigenvalue weighted by Crippen LogP contribution is 2.38. The second kappa shape index (κ2) is 7.45. The van der Waals surface area contributed by atoms with Gasteiger partial charge in [-0.15, -0.1) is 0 Å². The fraction of sp³-hybridized carbons (Fsp3) is 0.714. The standard InChI is InChI=1S/C14H21N5O4/c1-8(4-6-16-18-15)11-9(2)12(22-3)13(23-11)19-7-5-10(20)17-14(19)21/h5,7-9,11-13H,4,6H2,1-3H3,(H,17,20,21)/t8-,9-,11+,12?,13+/m0/s1. The van der Waals surface area contributed by atoms with Crippen molar-refractivity contribution in [2.45, 2.75) is 38.7 Å². The van der Waals surface area contributed by atoms with E-state index in [1.807, 2.05) is 13.8 Å². The van der Waals surface area contributed by atoms with Crippen LogP contribution in [0.15, 0.2) is 27.0 Å². The molecule has 1 fully saturated rings. The van der Waals surface area contributed by atoms with Gasteiger partial charge in [0.2, 0.25) is 0 Å². The molecule has 9 heteroatoms. The zero-order valence-electron chi connectivity index (χ0n) is 13.4. The molecule has 5 atom stereocenters.